The summed E-state index contributed by atoms with van der Waals surface area (Å²) in [6, 6.07) is 0.444. The molecule has 0 aliphatic heterocycles. The van der Waals surface area contributed by atoms with Crippen molar-refractivity contribution in [1.29, 1.82) is 0 Å². The standard InChI is InChI=1S/C12H23BrN4S/c1-5-9(4)18-7-11(16-14)12-10(13)6-15-17(12)8(2)3/h6,8-9,11,16H,5,7,14H2,1-4H3. The summed E-state index contributed by atoms with van der Waals surface area (Å²) in [5.74, 6) is 6.65. The van der Waals surface area contributed by atoms with E-state index in [-0.39, 0.29) is 6.04 Å². The Balaban J connectivity index is 2.84. The molecule has 1 aromatic heterocycles. The number of nitrogens with zero attached hydrogens (tertiary/aromatic N) is 2. The molecule has 1 rings (SSSR count). The molecule has 0 bridgehead atoms. The van der Waals surface area contributed by atoms with E-state index < -0.39 is 0 Å². The van der Waals surface area contributed by atoms with Gasteiger partial charge >= 0.3 is 0 Å². The van der Waals surface area contributed by atoms with Crippen LogP contribution in [0.1, 0.15) is 51.9 Å². The zero-order valence-corrected chi connectivity index (χ0v) is 13.9. The number of rotatable bonds is 7. The summed E-state index contributed by atoms with van der Waals surface area (Å²) in [4.78, 5) is 0. The van der Waals surface area contributed by atoms with Crippen molar-refractivity contribution >= 4 is 27.7 Å². The minimum atomic E-state index is 0.114. The number of aromatic nitrogens is 2. The average molecular weight is 335 g/mol. The van der Waals surface area contributed by atoms with E-state index in [1.807, 2.05) is 22.6 Å². The maximum Gasteiger partial charge on any atom is 0.0730 e. The lowest BCUT2D eigenvalue weighted by Crippen LogP contribution is -2.32. The fraction of sp³-hybridized carbons (Fsp3) is 0.750. The highest BCUT2D eigenvalue weighted by Gasteiger charge is 2.21. The van der Waals surface area contributed by atoms with E-state index in [0.717, 1.165) is 15.9 Å². The molecule has 0 spiro atoms. The molecule has 2 atom stereocenters. The molecule has 1 aromatic rings. The maximum absolute atomic E-state index is 5.70. The van der Waals surface area contributed by atoms with Gasteiger partial charge in [0, 0.05) is 17.0 Å². The molecule has 0 fully saturated rings. The van der Waals surface area contributed by atoms with Crippen molar-refractivity contribution in [2.24, 2.45) is 5.84 Å². The van der Waals surface area contributed by atoms with Crippen molar-refractivity contribution in [2.75, 3.05) is 5.75 Å². The molecule has 4 nitrogen and oxygen atoms in total. The normalized spacial score (nSPS) is 15.1. The second-order valence-electron chi connectivity index (χ2n) is 4.69. The summed E-state index contributed by atoms with van der Waals surface area (Å²) in [7, 11) is 0. The first-order valence-corrected chi connectivity index (χ1v) is 8.16. The van der Waals surface area contributed by atoms with Gasteiger partial charge in [0.2, 0.25) is 0 Å². The Hall–Kier alpha value is -0.0400. The van der Waals surface area contributed by atoms with Crippen molar-refractivity contribution in [1.82, 2.24) is 15.2 Å². The van der Waals surface area contributed by atoms with Crippen molar-refractivity contribution in [3.05, 3.63) is 16.4 Å². The minimum Gasteiger partial charge on any atom is -0.271 e. The van der Waals surface area contributed by atoms with Crippen LogP contribution in [0.15, 0.2) is 10.7 Å². The van der Waals surface area contributed by atoms with Crippen LogP contribution in [-0.4, -0.2) is 20.8 Å². The van der Waals surface area contributed by atoms with Gasteiger partial charge in [0.15, 0.2) is 0 Å². The molecule has 0 aromatic carbocycles. The lowest BCUT2D eigenvalue weighted by atomic mass is 10.2. The van der Waals surface area contributed by atoms with E-state index in [1.165, 1.54) is 6.42 Å². The van der Waals surface area contributed by atoms with Gasteiger partial charge in [0.05, 0.1) is 22.4 Å². The largest absolute Gasteiger partial charge is 0.271 e. The first-order valence-electron chi connectivity index (χ1n) is 6.31. The number of hydrogen-bond donors (Lipinski definition) is 2. The predicted molar refractivity (Wildman–Crippen MR) is 82.6 cm³/mol. The molecule has 0 radical (unpaired) electrons. The lowest BCUT2D eigenvalue weighted by Gasteiger charge is -2.21. The molecule has 0 saturated heterocycles. The Bertz CT molecular complexity index is 367. The van der Waals surface area contributed by atoms with Gasteiger partial charge in [-0.2, -0.15) is 16.9 Å². The smallest absolute Gasteiger partial charge is 0.0730 e. The van der Waals surface area contributed by atoms with Gasteiger partial charge in [0.1, 0.15) is 0 Å². The van der Waals surface area contributed by atoms with Crippen LogP contribution in [0.5, 0.6) is 0 Å². The third-order valence-electron chi connectivity index (χ3n) is 2.93. The highest BCUT2D eigenvalue weighted by atomic mass is 79.9. The van der Waals surface area contributed by atoms with Crippen LogP contribution in [0.25, 0.3) is 0 Å². The number of thioether (sulfide) groups is 1. The Morgan fingerprint density at radius 2 is 2.17 bits per heavy atom. The number of hydrazine groups is 1. The van der Waals surface area contributed by atoms with Gasteiger partial charge < -0.3 is 0 Å². The third-order valence-corrected chi connectivity index (χ3v) is 4.97. The summed E-state index contributed by atoms with van der Waals surface area (Å²) >= 11 is 5.49. The quantitative estimate of drug-likeness (QED) is 0.593. The predicted octanol–water partition coefficient (Wildman–Crippen LogP) is 3.26. The first kappa shape index (κ1) is 16.0. The van der Waals surface area contributed by atoms with Gasteiger partial charge in [-0.05, 0) is 36.2 Å². The fourth-order valence-corrected chi connectivity index (χ4v) is 3.23. The van der Waals surface area contributed by atoms with Crippen molar-refractivity contribution in [3.8, 4) is 0 Å². The van der Waals surface area contributed by atoms with Crippen LogP contribution in [0.2, 0.25) is 0 Å². The zero-order chi connectivity index (χ0) is 13.7. The minimum absolute atomic E-state index is 0.114. The van der Waals surface area contributed by atoms with Crippen molar-refractivity contribution in [3.63, 3.8) is 0 Å². The molecular weight excluding hydrogens is 312 g/mol. The average Bonchev–Trinajstić information content (AvgIpc) is 2.72. The number of nitrogens with two attached hydrogens (primary N) is 1. The second kappa shape index (κ2) is 7.53. The van der Waals surface area contributed by atoms with Gasteiger partial charge in [0.25, 0.3) is 0 Å². The molecule has 1 heterocycles. The van der Waals surface area contributed by atoms with Crippen LogP contribution < -0.4 is 11.3 Å². The van der Waals surface area contributed by atoms with Crippen LogP contribution in [0.4, 0.5) is 0 Å². The van der Waals surface area contributed by atoms with Crippen LogP contribution >= 0.6 is 27.7 Å². The number of halogens is 1. The molecule has 6 heteroatoms. The summed E-state index contributed by atoms with van der Waals surface area (Å²) in [5.41, 5.74) is 4.04. The van der Waals surface area contributed by atoms with Gasteiger partial charge in [-0.3, -0.25) is 16.0 Å². The van der Waals surface area contributed by atoms with Crippen LogP contribution in [0.3, 0.4) is 0 Å². The van der Waals surface area contributed by atoms with Crippen molar-refractivity contribution < 1.29 is 0 Å². The highest BCUT2D eigenvalue weighted by Crippen LogP contribution is 2.29. The van der Waals surface area contributed by atoms with Crippen molar-refractivity contribution in [2.45, 2.75) is 51.4 Å². The number of nitrogens with one attached hydrogen (secondary N) is 1. The van der Waals surface area contributed by atoms with E-state index in [9.17, 15) is 0 Å². The molecule has 0 saturated carbocycles. The molecule has 3 N–H and O–H groups in total. The van der Waals surface area contributed by atoms with E-state index >= 15 is 0 Å². The molecule has 0 aliphatic carbocycles. The number of hydrogen-bond acceptors (Lipinski definition) is 4. The van der Waals surface area contributed by atoms with Gasteiger partial charge in [-0.1, -0.05) is 13.8 Å². The molecule has 2 unspecified atom stereocenters. The lowest BCUT2D eigenvalue weighted by molar-refractivity contribution is 0.467. The van der Waals surface area contributed by atoms with Gasteiger partial charge in [-0.15, -0.1) is 0 Å². The summed E-state index contributed by atoms with van der Waals surface area (Å²) < 4.78 is 3.04. The monoisotopic (exact) mass is 334 g/mol. The molecule has 104 valence electrons. The van der Waals surface area contributed by atoms with Crippen LogP contribution in [-0.2, 0) is 0 Å². The third kappa shape index (κ3) is 3.98. The van der Waals surface area contributed by atoms with E-state index in [1.54, 1.807) is 0 Å². The summed E-state index contributed by atoms with van der Waals surface area (Å²) in [5, 5.41) is 5.04. The Morgan fingerprint density at radius 1 is 1.50 bits per heavy atom. The Morgan fingerprint density at radius 3 is 2.67 bits per heavy atom. The first-order chi connectivity index (χ1) is 8.51. The second-order valence-corrected chi connectivity index (χ2v) is 7.01. The van der Waals surface area contributed by atoms with E-state index in [0.29, 0.717) is 11.3 Å². The fourth-order valence-electron chi connectivity index (χ4n) is 1.67. The summed E-state index contributed by atoms with van der Waals surface area (Å²) in [6.07, 6.45) is 3.01. The zero-order valence-electron chi connectivity index (χ0n) is 11.5. The molecule has 0 aliphatic rings. The SMILES string of the molecule is CCC(C)SCC(NN)c1c(Br)cnn1C(C)C. The molecule has 18 heavy (non-hydrogen) atoms. The van der Waals surface area contributed by atoms with Crippen LogP contribution in [0, 0.1) is 0 Å². The maximum atomic E-state index is 5.70. The topological polar surface area (TPSA) is 55.9 Å². The molecule has 0 amide bonds. The molecular formula is C12H23BrN4S. The van der Waals surface area contributed by atoms with E-state index in [2.05, 4.69) is 54.1 Å². The Labute approximate surface area is 122 Å². The Kier molecular flexibility index (Phi) is 6.70. The van der Waals surface area contributed by atoms with Gasteiger partial charge in [-0.25, -0.2) is 0 Å². The van der Waals surface area contributed by atoms with E-state index in [4.69, 9.17) is 5.84 Å². The highest BCUT2D eigenvalue weighted by molar-refractivity contribution is 9.10. The summed E-state index contributed by atoms with van der Waals surface area (Å²) in [6.45, 7) is 8.69.